The molecule has 0 bridgehead atoms. The molecule has 1 fully saturated rings. The van der Waals surface area contributed by atoms with Gasteiger partial charge in [0.15, 0.2) is 11.6 Å². The van der Waals surface area contributed by atoms with Crippen molar-refractivity contribution < 1.29 is 18.8 Å². The van der Waals surface area contributed by atoms with Gasteiger partial charge in [0.05, 0.1) is 0 Å². The number of carbonyl (C=O) groups excluding carboxylic acids is 3. The molecule has 2 aromatic rings. The molecular formula is C29H38FN3O3. The number of halogens is 1. The Labute approximate surface area is 213 Å². The Hall–Kier alpha value is -3.06. The number of Topliss-reactive ketones (excluding diaryl/α,β-unsaturated/α-hetero) is 2. The lowest BCUT2D eigenvalue weighted by Gasteiger charge is -2.40. The molecule has 6 nitrogen and oxygen atoms in total. The van der Waals surface area contributed by atoms with Crippen molar-refractivity contribution in [2.45, 2.75) is 65.3 Å². The number of carbonyl (C=O) groups is 3. The van der Waals surface area contributed by atoms with Gasteiger partial charge in [0, 0.05) is 29.4 Å². The fourth-order valence-corrected chi connectivity index (χ4v) is 5.03. The number of hydrogen-bond donors (Lipinski definition) is 2. The van der Waals surface area contributed by atoms with E-state index in [4.69, 9.17) is 0 Å². The van der Waals surface area contributed by atoms with E-state index in [0.29, 0.717) is 35.3 Å². The Morgan fingerprint density at radius 3 is 2.31 bits per heavy atom. The first-order chi connectivity index (χ1) is 17.2. The molecule has 2 aromatic carbocycles. The van der Waals surface area contributed by atoms with Gasteiger partial charge in [0.2, 0.25) is 0 Å². The van der Waals surface area contributed by atoms with Crippen LogP contribution < -0.4 is 10.6 Å². The summed E-state index contributed by atoms with van der Waals surface area (Å²) in [5.74, 6) is 0.0532. The second kappa shape index (κ2) is 13.3. The highest BCUT2D eigenvalue weighted by Crippen LogP contribution is 2.28. The summed E-state index contributed by atoms with van der Waals surface area (Å²) >= 11 is 0. The number of ketones is 2. The first kappa shape index (κ1) is 27.5. The standard InChI is InChI=1S/C29H38FN3O3/c1-4-13-33-14-11-23(15-22-7-9-26(30)10-8-22)16-28(33)6-5-12-31-29(36)32-27-18-24(20(2)34)17-25(19-27)21(3)35/h7-10,17-19,23,28H,4-6,11-16H2,1-3H3,(H2,31,32,36)/t23?,28-/m0/s1. The molecule has 36 heavy (non-hydrogen) atoms. The lowest BCUT2D eigenvalue weighted by atomic mass is 9.84. The van der Waals surface area contributed by atoms with Crippen molar-refractivity contribution in [3.05, 3.63) is 65.0 Å². The van der Waals surface area contributed by atoms with E-state index in [1.165, 1.54) is 31.5 Å². The van der Waals surface area contributed by atoms with Crippen LogP contribution in [-0.2, 0) is 6.42 Å². The van der Waals surface area contributed by atoms with Gasteiger partial charge < -0.3 is 15.5 Å². The van der Waals surface area contributed by atoms with Crippen LogP contribution in [0.2, 0.25) is 0 Å². The normalized spacial score (nSPS) is 18.0. The fraction of sp³-hybridized carbons (Fsp3) is 0.483. The molecule has 7 heteroatoms. The number of nitrogens with one attached hydrogen (secondary N) is 2. The quantitative estimate of drug-likeness (QED) is 0.302. The van der Waals surface area contributed by atoms with Crippen LogP contribution in [0.1, 0.15) is 79.2 Å². The van der Waals surface area contributed by atoms with Crippen LogP contribution in [0.5, 0.6) is 0 Å². The molecule has 194 valence electrons. The van der Waals surface area contributed by atoms with Gasteiger partial charge in [-0.15, -0.1) is 0 Å². The summed E-state index contributed by atoms with van der Waals surface area (Å²) in [4.78, 5) is 38.6. The molecule has 0 aromatic heterocycles. The van der Waals surface area contributed by atoms with E-state index in [-0.39, 0.29) is 23.4 Å². The van der Waals surface area contributed by atoms with Gasteiger partial charge in [-0.25, -0.2) is 9.18 Å². The highest BCUT2D eigenvalue weighted by molar-refractivity contribution is 6.02. The van der Waals surface area contributed by atoms with E-state index in [1.54, 1.807) is 18.2 Å². The largest absolute Gasteiger partial charge is 0.338 e. The van der Waals surface area contributed by atoms with Crippen molar-refractivity contribution >= 4 is 23.3 Å². The van der Waals surface area contributed by atoms with Gasteiger partial charge in [0.25, 0.3) is 0 Å². The maximum atomic E-state index is 13.2. The summed E-state index contributed by atoms with van der Waals surface area (Å²) < 4.78 is 13.2. The number of amides is 2. The minimum atomic E-state index is -0.353. The molecule has 3 rings (SSSR count). The summed E-state index contributed by atoms with van der Waals surface area (Å²) in [7, 11) is 0. The van der Waals surface area contributed by atoms with E-state index in [0.717, 1.165) is 51.6 Å². The number of likely N-dealkylation sites (tertiary alicyclic amines) is 1. The van der Waals surface area contributed by atoms with Crippen LogP contribution in [0.25, 0.3) is 0 Å². The highest BCUT2D eigenvalue weighted by Gasteiger charge is 2.27. The predicted octanol–water partition coefficient (Wildman–Crippen LogP) is 5.87. The first-order valence-corrected chi connectivity index (χ1v) is 13.0. The van der Waals surface area contributed by atoms with Gasteiger partial charge >= 0.3 is 6.03 Å². The van der Waals surface area contributed by atoms with Crippen molar-refractivity contribution in [3.8, 4) is 0 Å². The van der Waals surface area contributed by atoms with Gasteiger partial charge in [-0.1, -0.05) is 19.1 Å². The molecular weight excluding hydrogens is 457 g/mol. The van der Waals surface area contributed by atoms with Crippen LogP contribution in [0, 0.1) is 11.7 Å². The Morgan fingerprint density at radius 2 is 1.69 bits per heavy atom. The second-order valence-corrected chi connectivity index (χ2v) is 9.85. The molecule has 1 unspecified atom stereocenters. The van der Waals surface area contributed by atoms with Gasteiger partial charge in [-0.05, 0) is 107 Å². The zero-order chi connectivity index (χ0) is 26.1. The number of piperidine rings is 1. The third-order valence-electron chi connectivity index (χ3n) is 6.90. The fourth-order valence-electron chi connectivity index (χ4n) is 5.03. The lowest BCUT2D eigenvalue weighted by molar-refractivity contribution is 0.101. The molecule has 1 aliphatic rings. The predicted molar refractivity (Wildman–Crippen MR) is 141 cm³/mol. The third-order valence-corrected chi connectivity index (χ3v) is 6.90. The Morgan fingerprint density at radius 1 is 1.03 bits per heavy atom. The molecule has 0 aliphatic carbocycles. The molecule has 2 atom stereocenters. The number of hydrogen-bond acceptors (Lipinski definition) is 4. The highest BCUT2D eigenvalue weighted by atomic mass is 19.1. The zero-order valence-electron chi connectivity index (χ0n) is 21.6. The molecule has 0 saturated carbocycles. The number of rotatable bonds is 11. The number of anilines is 1. The van der Waals surface area contributed by atoms with Gasteiger partial charge in [0.1, 0.15) is 5.82 Å². The first-order valence-electron chi connectivity index (χ1n) is 13.0. The summed E-state index contributed by atoms with van der Waals surface area (Å²) in [6, 6.07) is 11.7. The summed E-state index contributed by atoms with van der Waals surface area (Å²) in [5.41, 5.74) is 2.39. The van der Waals surface area contributed by atoms with E-state index in [1.807, 2.05) is 12.1 Å². The Bertz CT molecular complexity index is 1020. The van der Waals surface area contributed by atoms with Crippen LogP contribution >= 0.6 is 0 Å². The molecule has 0 radical (unpaired) electrons. The van der Waals surface area contributed by atoms with Crippen LogP contribution in [-0.4, -0.2) is 48.2 Å². The van der Waals surface area contributed by atoms with Crippen molar-refractivity contribution in [1.29, 1.82) is 0 Å². The molecule has 1 heterocycles. The average molecular weight is 496 g/mol. The van der Waals surface area contributed by atoms with E-state index in [2.05, 4.69) is 22.5 Å². The summed E-state index contributed by atoms with van der Waals surface area (Å²) in [6.07, 6.45) is 6.19. The molecule has 2 amide bonds. The van der Waals surface area contributed by atoms with Crippen LogP contribution in [0.3, 0.4) is 0 Å². The van der Waals surface area contributed by atoms with Crippen molar-refractivity contribution in [2.75, 3.05) is 25.0 Å². The van der Waals surface area contributed by atoms with E-state index < -0.39 is 0 Å². The van der Waals surface area contributed by atoms with Crippen LogP contribution in [0.15, 0.2) is 42.5 Å². The number of benzene rings is 2. The van der Waals surface area contributed by atoms with Crippen molar-refractivity contribution in [3.63, 3.8) is 0 Å². The summed E-state index contributed by atoms with van der Waals surface area (Å²) in [5, 5.41) is 5.64. The molecule has 2 N–H and O–H groups in total. The molecule has 1 aliphatic heterocycles. The maximum Gasteiger partial charge on any atom is 0.319 e. The Balaban J connectivity index is 1.49. The van der Waals surface area contributed by atoms with Crippen molar-refractivity contribution in [2.24, 2.45) is 5.92 Å². The van der Waals surface area contributed by atoms with Crippen LogP contribution in [0.4, 0.5) is 14.9 Å². The van der Waals surface area contributed by atoms with Gasteiger partial charge in [-0.2, -0.15) is 0 Å². The monoisotopic (exact) mass is 495 g/mol. The third kappa shape index (κ3) is 8.26. The topological polar surface area (TPSA) is 78.5 Å². The molecule has 0 spiro atoms. The minimum Gasteiger partial charge on any atom is -0.338 e. The lowest BCUT2D eigenvalue weighted by Crippen LogP contribution is -2.43. The van der Waals surface area contributed by atoms with Crippen molar-refractivity contribution in [1.82, 2.24) is 10.2 Å². The Kier molecular flexibility index (Phi) is 10.2. The van der Waals surface area contributed by atoms with E-state index >= 15 is 0 Å². The number of urea groups is 1. The second-order valence-electron chi connectivity index (χ2n) is 9.85. The summed E-state index contributed by atoms with van der Waals surface area (Å²) in [6.45, 7) is 7.75. The maximum absolute atomic E-state index is 13.2. The zero-order valence-corrected chi connectivity index (χ0v) is 21.6. The minimum absolute atomic E-state index is 0.164. The van der Waals surface area contributed by atoms with Gasteiger partial charge in [-0.3, -0.25) is 9.59 Å². The number of nitrogens with zero attached hydrogens (tertiary/aromatic N) is 1. The average Bonchev–Trinajstić information content (AvgIpc) is 2.84. The smallest absolute Gasteiger partial charge is 0.319 e. The molecule has 1 saturated heterocycles. The van der Waals surface area contributed by atoms with E-state index in [9.17, 15) is 18.8 Å². The SMILES string of the molecule is CCCN1CCC(Cc2ccc(F)cc2)C[C@@H]1CCCNC(=O)Nc1cc(C(C)=O)cc(C(C)=O)c1.